The zero-order valence-corrected chi connectivity index (χ0v) is 19.2. The van der Waals surface area contributed by atoms with Crippen LogP contribution in [0.25, 0.3) is 22.1 Å². The number of hydrogen-bond donors (Lipinski definition) is 4. The van der Waals surface area contributed by atoms with Gasteiger partial charge in [0.2, 0.25) is 5.91 Å². The van der Waals surface area contributed by atoms with E-state index in [-0.39, 0.29) is 25.5 Å². The number of ether oxygens (including phenoxy) is 1. The molecule has 0 unspecified atom stereocenters. The number of carbonyl (C=O) groups excluding carboxylic acids is 1. The Balaban J connectivity index is 1.72. The lowest BCUT2D eigenvalue weighted by Gasteiger charge is -2.14. The minimum atomic E-state index is -0.986. The van der Waals surface area contributed by atoms with Crippen molar-refractivity contribution in [3.63, 3.8) is 0 Å². The number of aliphatic hydroxyl groups is 1. The quantitative estimate of drug-likeness (QED) is 0.285. The first-order chi connectivity index (χ1) is 16.9. The van der Waals surface area contributed by atoms with Crippen LogP contribution >= 0.6 is 0 Å². The van der Waals surface area contributed by atoms with Crippen molar-refractivity contribution in [2.45, 2.75) is 33.1 Å². The van der Waals surface area contributed by atoms with Crippen molar-refractivity contribution in [2.75, 3.05) is 5.32 Å². The minimum Gasteiger partial charge on any atom is -0.489 e. The summed E-state index contributed by atoms with van der Waals surface area (Å²) in [5.74, 6) is -0.411. The number of nitrogens with two attached hydrogens (primary N) is 1. The van der Waals surface area contributed by atoms with Crippen LogP contribution in [0.5, 0.6) is 5.75 Å². The number of anilines is 1. The summed E-state index contributed by atoms with van der Waals surface area (Å²) in [6.07, 6.45) is -0.215. The van der Waals surface area contributed by atoms with Crippen LogP contribution in [0, 0.1) is 0 Å². The molecule has 0 aliphatic carbocycles. The highest BCUT2D eigenvalue weighted by Gasteiger charge is 2.15. The molecule has 0 aliphatic heterocycles. The fraction of sp³-hybridized carbons (Fsp3) is 0.185. The average molecular weight is 475 g/mol. The smallest absolute Gasteiger partial charge is 0.307 e. The van der Waals surface area contributed by atoms with Crippen molar-refractivity contribution >= 4 is 28.5 Å². The summed E-state index contributed by atoms with van der Waals surface area (Å²) in [5, 5.41) is 22.3. The average Bonchev–Trinajstić information content (AvgIpc) is 3.26. The molecule has 0 bridgehead atoms. The summed E-state index contributed by atoms with van der Waals surface area (Å²) < 4.78 is 11.9. The first-order valence-electron chi connectivity index (χ1n) is 11.1. The zero-order chi connectivity index (χ0) is 24.9. The van der Waals surface area contributed by atoms with E-state index in [9.17, 15) is 19.8 Å². The van der Waals surface area contributed by atoms with Crippen LogP contribution in [0.15, 0.2) is 65.1 Å². The topological polar surface area (TPSA) is 135 Å². The van der Waals surface area contributed by atoms with E-state index in [1.54, 1.807) is 24.3 Å². The Kier molecular flexibility index (Phi) is 7.14. The Morgan fingerprint density at radius 3 is 2.60 bits per heavy atom. The van der Waals surface area contributed by atoms with Gasteiger partial charge >= 0.3 is 5.97 Å². The summed E-state index contributed by atoms with van der Waals surface area (Å²) in [5.41, 5.74) is 11.0. The molecule has 180 valence electrons. The van der Waals surface area contributed by atoms with Crippen molar-refractivity contribution in [1.82, 2.24) is 0 Å². The molecule has 8 nitrogen and oxygen atoms in total. The number of carboxylic acid groups (broad SMARTS) is 1. The predicted octanol–water partition coefficient (Wildman–Crippen LogP) is 4.22. The standard InChI is InChI=1S/C27H26N2O6/c1-16(31)29-22-6-5-20(11-26(32)33)25(12-22)34-15-18-8-21-10-23(14-30)35-27(21)24(9-18)19-4-2-3-17(7-19)13-28/h2-10,12,30H,11,13-15,28H2,1H3,(H,29,31)(H,32,33). The first-order valence-corrected chi connectivity index (χ1v) is 11.1. The Hall–Kier alpha value is -4.14. The number of furan rings is 1. The van der Waals surface area contributed by atoms with Crippen molar-refractivity contribution in [2.24, 2.45) is 5.73 Å². The van der Waals surface area contributed by atoms with E-state index in [4.69, 9.17) is 14.9 Å². The molecule has 1 heterocycles. The highest BCUT2D eigenvalue weighted by atomic mass is 16.5. The number of benzene rings is 3. The van der Waals surface area contributed by atoms with E-state index < -0.39 is 5.97 Å². The normalized spacial score (nSPS) is 10.9. The third kappa shape index (κ3) is 5.68. The van der Waals surface area contributed by atoms with Gasteiger partial charge in [-0.25, -0.2) is 0 Å². The molecule has 3 aromatic carbocycles. The molecule has 4 rings (SSSR count). The van der Waals surface area contributed by atoms with Gasteiger partial charge in [0.25, 0.3) is 0 Å². The van der Waals surface area contributed by atoms with E-state index in [1.807, 2.05) is 36.4 Å². The van der Waals surface area contributed by atoms with E-state index in [2.05, 4.69) is 5.32 Å². The highest BCUT2D eigenvalue weighted by molar-refractivity contribution is 5.94. The van der Waals surface area contributed by atoms with Gasteiger partial charge in [0.15, 0.2) is 0 Å². The van der Waals surface area contributed by atoms with Crippen LogP contribution in [0.1, 0.15) is 29.4 Å². The molecule has 0 aliphatic rings. The molecular weight excluding hydrogens is 448 g/mol. The van der Waals surface area contributed by atoms with Crippen LogP contribution in [0.3, 0.4) is 0 Å². The van der Waals surface area contributed by atoms with Crippen molar-refractivity contribution in [1.29, 1.82) is 0 Å². The number of nitrogens with one attached hydrogen (secondary N) is 1. The second kappa shape index (κ2) is 10.4. The lowest BCUT2D eigenvalue weighted by atomic mass is 9.99. The van der Waals surface area contributed by atoms with Gasteiger partial charge in [0.1, 0.15) is 30.3 Å². The molecule has 5 N–H and O–H groups in total. The zero-order valence-electron chi connectivity index (χ0n) is 19.2. The van der Waals surface area contributed by atoms with Crippen LogP contribution in [-0.2, 0) is 35.8 Å². The van der Waals surface area contributed by atoms with Gasteiger partial charge in [-0.1, -0.05) is 24.3 Å². The SMILES string of the molecule is CC(=O)Nc1ccc(CC(=O)O)c(OCc2cc(-c3cccc(CN)c3)c3oc(CO)cc3c2)c1. The number of amides is 1. The summed E-state index contributed by atoms with van der Waals surface area (Å²) in [7, 11) is 0. The van der Waals surface area contributed by atoms with Gasteiger partial charge in [-0.3, -0.25) is 9.59 Å². The Morgan fingerprint density at radius 1 is 1.06 bits per heavy atom. The Morgan fingerprint density at radius 2 is 1.89 bits per heavy atom. The molecular formula is C27H26N2O6. The van der Waals surface area contributed by atoms with E-state index in [1.165, 1.54) is 6.92 Å². The highest BCUT2D eigenvalue weighted by Crippen LogP contribution is 2.34. The van der Waals surface area contributed by atoms with E-state index in [0.717, 1.165) is 27.6 Å². The number of fused-ring (bicyclic) bond motifs is 1. The summed E-state index contributed by atoms with van der Waals surface area (Å²) in [6, 6.07) is 18.3. The summed E-state index contributed by atoms with van der Waals surface area (Å²) in [4.78, 5) is 22.8. The number of rotatable bonds is 9. The van der Waals surface area contributed by atoms with Gasteiger partial charge in [-0.2, -0.15) is 0 Å². The minimum absolute atomic E-state index is 0.148. The van der Waals surface area contributed by atoms with Crippen molar-refractivity contribution in [3.05, 3.63) is 83.1 Å². The maximum absolute atomic E-state index is 11.5. The summed E-state index contributed by atoms with van der Waals surface area (Å²) in [6.45, 7) is 1.72. The molecule has 1 amide bonds. The van der Waals surface area contributed by atoms with Crippen LogP contribution < -0.4 is 15.8 Å². The third-order valence-corrected chi connectivity index (χ3v) is 5.48. The second-order valence-electron chi connectivity index (χ2n) is 8.20. The molecule has 0 atom stereocenters. The molecule has 35 heavy (non-hydrogen) atoms. The van der Waals surface area contributed by atoms with Crippen LogP contribution in [0.2, 0.25) is 0 Å². The third-order valence-electron chi connectivity index (χ3n) is 5.48. The molecule has 4 aromatic rings. The van der Waals surface area contributed by atoms with Gasteiger partial charge in [0.05, 0.1) is 6.42 Å². The van der Waals surface area contributed by atoms with Crippen molar-refractivity contribution in [3.8, 4) is 16.9 Å². The van der Waals surface area contributed by atoms with Gasteiger partial charge in [-0.05, 0) is 47.0 Å². The number of carbonyl (C=O) groups is 2. The molecule has 0 fully saturated rings. The molecule has 0 saturated heterocycles. The van der Waals surface area contributed by atoms with Gasteiger partial charge in [0, 0.05) is 41.7 Å². The largest absolute Gasteiger partial charge is 0.489 e. The number of aliphatic carboxylic acids is 1. The van der Waals surface area contributed by atoms with Gasteiger partial charge in [-0.15, -0.1) is 0 Å². The predicted molar refractivity (Wildman–Crippen MR) is 132 cm³/mol. The summed E-state index contributed by atoms with van der Waals surface area (Å²) >= 11 is 0. The lowest BCUT2D eigenvalue weighted by molar-refractivity contribution is -0.136. The fourth-order valence-electron chi connectivity index (χ4n) is 3.95. The monoisotopic (exact) mass is 474 g/mol. The van der Waals surface area contributed by atoms with Gasteiger partial charge < -0.3 is 30.4 Å². The maximum atomic E-state index is 11.5. The maximum Gasteiger partial charge on any atom is 0.307 e. The molecule has 0 radical (unpaired) electrons. The van der Waals surface area contributed by atoms with Crippen LogP contribution in [0.4, 0.5) is 5.69 Å². The Bertz CT molecular complexity index is 1390. The number of hydrogen-bond acceptors (Lipinski definition) is 6. The second-order valence-corrected chi connectivity index (χ2v) is 8.20. The van der Waals surface area contributed by atoms with Crippen LogP contribution in [-0.4, -0.2) is 22.1 Å². The Labute approximate surface area is 201 Å². The molecule has 0 saturated carbocycles. The number of aliphatic hydroxyl groups excluding tert-OH is 1. The van der Waals surface area contributed by atoms with E-state index >= 15 is 0 Å². The van der Waals surface area contributed by atoms with Crippen molar-refractivity contribution < 1.29 is 29.0 Å². The molecule has 1 aromatic heterocycles. The molecule has 8 heteroatoms. The van der Waals surface area contributed by atoms with E-state index in [0.29, 0.717) is 34.9 Å². The fourth-order valence-corrected chi connectivity index (χ4v) is 3.95. The molecule has 0 spiro atoms. The number of carboxylic acids is 1. The first kappa shape index (κ1) is 24.0. The lowest BCUT2D eigenvalue weighted by Crippen LogP contribution is -2.08.